The summed E-state index contributed by atoms with van der Waals surface area (Å²) in [6, 6.07) is 13.1. The van der Waals surface area contributed by atoms with E-state index in [9.17, 15) is 0 Å². The molecule has 0 saturated heterocycles. The normalized spacial score (nSPS) is 11.7. The number of hydrogen-bond acceptors (Lipinski definition) is 2. The smallest absolute Gasteiger partial charge is 0.0205 e. The topological polar surface area (TPSA) is 12.0 Å². The van der Waals surface area contributed by atoms with Crippen molar-refractivity contribution in [1.29, 1.82) is 0 Å². The molecular formula is C16H21NS. The summed E-state index contributed by atoms with van der Waals surface area (Å²) in [5.41, 5.74) is 2.87. The minimum atomic E-state index is 0.207. The molecule has 2 aromatic rings. The van der Waals surface area contributed by atoms with Crippen molar-refractivity contribution in [3.8, 4) is 0 Å². The molecule has 0 radical (unpaired) electrons. The second-order valence-electron chi connectivity index (χ2n) is 5.45. The molecule has 18 heavy (non-hydrogen) atoms. The van der Waals surface area contributed by atoms with E-state index in [0.29, 0.717) is 0 Å². The number of thiophene rings is 1. The molecule has 1 N–H and O–H groups in total. The van der Waals surface area contributed by atoms with E-state index in [1.807, 2.05) is 11.3 Å². The van der Waals surface area contributed by atoms with Gasteiger partial charge in [-0.15, -0.1) is 11.3 Å². The van der Waals surface area contributed by atoms with Crippen molar-refractivity contribution in [2.24, 2.45) is 0 Å². The lowest BCUT2D eigenvalue weighted by atomic mass is 9.91. The van der Waals surface area contributed by atoms with Gasteiger partial charge in [-0.25, -0.2) is 0 Å². The second kappa shape index (κ2) is 5.68. The van der Waals surface area contributed by atoms with Gasteiger partial charge in [-0.2, -0.15) is 0 Å². The Labute approximate surface area is 114 Å². The average molecular weight is 259 g/mol. The Kier molecular flexibility index (Phi) is 4.20. The summed E-state index contributed by atoms with van der Waals surface area (Å²) < 4.78 is 0. The van der Waals surface area contributed by atoms with E-state index < -0.39 is 0 Å². The molecule has 0 aliphatic carbocycles. The summed E-state index contributed by atoms with van der Waals surface area (Å²) in [4.78, 5) is 1.44. The van der Waals surface area contributed by atoms with E-state index in [1.54, 1.807) is 0 Å². The molecular weight excluding hydrogens is 238 g/mol. The molecule has 0 unspecified atom stereocenters. The molecule has 1 nitrogen and oxygen atoms in total. The predicted molar refractivity (Wildman–Crippen MR) is 80.2 cm³/mol. The van der Waals surface area contributed by atoms with Crippen LogP contribution < -0.4 is 5.32 Å². The van der Waals surface area contributed by atoms with Crippen LogP contribution in [0, 0.1) is 6.92 Å². The average Bonchev–Trinajstić information content (AvgIpc) is 2.86. The van der Waals surface area contributed by atoms with Crippen LogP contribution in [0.2, 0.25) is 0 Å². The summed E-state index contributed by atoms with van der Waals surface area (Å²) in [5, 5.41) is 5.71. The zero-order chi connectivity index (χ0) is 13.0. The maximum atomic E-state index is 3.56. The van der Waals surface area contributed by atoms with Gasteiger partial charge in [0.1, 0.15) is 0 Å². The lowest BCUT2D eigenvalue weighted by molar-refractivity contribution is 0.477. The number of aryl methyl sites for hydroxylation is 1. The van der Waals surface area contributed by atoms with Crippen molar-refractivity contribution in [2.45, 2.75) is 32.7 Å². The van der Waals surface area contributed by atoms with Crippen LogP contribution in [-0.2, 0) is 12.0 Å². The molecule has 1 heterocycles. The number of rotatable bonds is 5. The van der Waals surface area contributed by atoms with Crippen molar-refractivity contribution < 1.29 is 0 Å². The molecule has 0 fully saturated rings. The molecule has 0 aliphatic heterocycles. The van der Waals surface area contributed by atoms with Gasteiger partial charge < -0.3 is 5.32 Å². The van der Waals surface area contributed by atoms with Gasteiger partial charge in [-0.1, -0.05) is 49.7 Å². The van der Waals surface area contributed by atoms with E-state index >= 15 is 0 Å². The lowest BCUT2D eigenvalue weighted by Gasteiger charge is -2.23. The van der Waals surface area contributed by atoms with Gasteiger partial charge in [-0.3, -0.25) is 0 Å². The molecule has 0 aliphatic rings. The molecule has 0 spiro atoms. The number of nitrogens with one attached hydrogen (secondary N) is 1. The molecule has 2 rings (SSSR count). The first-order valence-corrected chi connectivity index (χ1v) is 7.26. The standard InChI is InChI=1S/C16H21NS/c1-13-6-8-14(9-7-13)11-17-12-16(2,3)15-5-4-10-18-15/h4-10,17H,11-12H2,1-3H3. The van der Waals surface area contributed by atoms with Gasteiger partial charge >= 0.3 is 0 Å². The molecule has 1 aromatic carbocycles. The highest BCUT2D eigenvalue weighted by Gasteiger charge is 2.20. The fourth-order valence-corrected chi connectivity index (χ4v) is 2.83. The molecule has 0 saturated carbocycles. The summed E-state index contributed by atoms with van der Waals surface area (Å²) >= 11 is 1.84. The minimum absolute atomic E-state index is 0.207. The zero-order valence-electron chi connectivity index (χ0n) is 11.4. The van der Waals surface area contributed by atoms with Crippen LogP contribution in [0.4, 0.5) is 0 Å². The van der Waals surface area contributed by atoms with Crippen molar-refractivity contribution in [1.82, 2.24) is 5.32 Å². The van der Waals surface area contributed by atoms with E-state index in [-0.39, 0.29) is 5.41 Å². The fraction of sp³-hybridized carbons (Fsp3) is 0.375. The van der Waals surface area contributed by atoms with E-state index in [0.717, 1.165) is 13.1 Å². The van der Waals surface area contributed by atoms with Crippen molar-refractivity contribution in [3.05, 3.63) is 57.8 Å². The third-order valence-electron chi connectivity index (χ3n) is 3.20. The van der Waals surface area contributed by atoms with Gasteiger partial charge in [-0.05, 0) is 23.9 Å². The molecule has 0 amide bonds. The molecule has 0 atom stereocenters. The highest BCUT2D eigenvalue weighted by atomic mass is 32.1. The van der Waals surface area contributed by atoms with Crippen LogP contribution >= 0.6 is 11.3 Å². The predicted octanol–water partition coefficient (Wildman–Crippen LogP) is 4.12. The molecule has 0 bridgehead atoms. The largest absolute Gasteiger partial charge is 0.312 e. The van der Waals surface area contributed by atoms with E-state index in [4.69, 9.17) is 0 Å². The highest BCUT2D eigenvalue weighted by Crippen LogP contribution is 2.26. The first-order valence-electron chi connectivity index (χ1n) is 6.38. The third kappa shape index (κ3) is 3.44. The first kappa shape index (κ1) is 13.3. The Morgan fingerprint density at radius 2 is 1.83 bits per heavy atom. The van der Waals surface area contributed by atoms with Gasteiger partial charge in [0.05, 0.1) is 0 Å². The van der Waals surface area contributed by atoms with Crippen molar-refractivity contribution in [3.63, 3.8) is 0 Å². The maximum Gasteiger partial charge on any atom is 0.0205 e. The van der Waals surface area contributed by atoms with Gasteiger partial charge in [0.15, 0.2) is 0 Å². The quantitative estimate of drug-likeness (QED) is 0.851. The van der Waals surface area contributed by atoms with Crippen molar-refractivity contribution >= 4 is 11.3 Å². The fourth-order valence-electron chi connectivity index (χ4n) is 1.98. The molecule has 2 heteroatoms. The maximum absolute atomic E-state index is 3.56. The van der Waals surface area contributed by atoms with Crippen LogP contribution in [0.3, 0.4) is 0 Å². The lowest BCUT2D eigenvalue weighted by Crippen LogP contribution is -2.31. The number of hydrogen-bond donors (Lipinski definition) is 1. The Hall–Kier alpha value is -1.12. The molecule has 96 valence electrons. The van der Waals surface area contributed by atoms with Crippen LogP contribution in [0.25, 0.3) is 0 Å². The van der Waals surface area contributed by atoms with Crippen LogP contribution in [-0.4, -0.2) is 6.54 Å². The Balaban J connectivity index is 1.87. The highest BCUT2D eigenvalue weighted by molar-refractivity contribution is 7.10. The Morgan fingerprint density at radius 1 is 1.11 bits per heavy atom. The van der Waals surface area contributed by atoms with Gasteiger partial charge in [0.2, 0.25) is 0 Å². The van der Waals surface area contributed by atoms with Gasteiger partial charge in [0, 0.05) is 23.4 Å². The monoisotopic (exact) mass is 259 g/mol. The van der Waals surface area contributed by atoms with Crippen LogP contribution in [0.15, 0.2) is 41.8 Å². The Morgan fingerprint density at radius 3 is 2.44 bits per heavy atom. The molecule has 1 aromatic heterocycles. The SMILES string of the molecule is Cc1ccc(CNCC(C)(C)c2cccs2)cc1. The Bertz CT molecular complexity index is 468. The van der Waals surface area contributed by atoms with Crippen LogP contribution in [0.5, 0.6) is 0 Å². The minimum Gasteiger partial charge on any atom is -0.312 e. The number of benzene rings is 1. The summed E-state index contributed by atoms with van der Waals surface area (Å²) in [6.45, 7) is 8.65. The van der Waals surface area contributed by atoms with E-state index in [1.165, 1.54) is 16.0 Å². The first-order chi connectivity index (χ1) is 8.58. The zero-order valence-corrected chi connectivity index (χ0v) is 12.2. The summed E-state index contributed by atoms with van der Waals surface area (Å²) in [5.74, 6) is 0. The third-order valence-corrected chi connectivity index (χ3v) is 4.44. The second-order valence-corrected chi connectivity index (χ2v) is 6.40. The van der Waals surface area contributed by atoms with E-state index in [2.05, 4.69) is 67.9 Å². The van der Waals surface area contributed by atoms with Gasteiger partial charge in [0.25, 0.3) is 0 Å². The van der Waals surface area contributed by atoms with Crippen LogP contribution in [0.1, 0.15) is 29.9 Å². The van der Waals surface area contributed by atoms with Crippen molar-refractivity contribution in [2.75, 3.05) is 6.54 Å². The summed E-state index contributed by atoms with van der Waals surface area (Å²) in [6.07, 6.45) is 0. The summed E-state index contributed by atoms with van der Waals surface area (Å²) in [7, 11) is 0.